The number of benzene rings is 2. The molecule has 1 N–H and O–H groups in total. The molecule has 0 radical (unpaired) electrons. The molecular formula is C17H13BrF2N2O2. The Bertz CT molecular complexity index is 860. The quantitative estimate of drug-likeness (QED) is 0.773. The summed E-state index contributed by atoms with van der Waals surface area (Å²) in [7, 11) is 0. The molecule has 0 unspecified atom stereocenters. The molecule has 0 saturated carbocycles. The standard InChI is InChI=1S/C17H13BrF2N2O2/c1-17-8-13(11-6-9(18)2-5-15(11)24-17)21-16(23)22(17)14-7-10(19)3-4-12(14)20/h2-7,13H,8H2,1H3,(H,21,23)/t13-,17-/m0/s1. The molecule has 2 aliphatic heterocycles. The molecule has 2 amide bonds. The van der Waals surface area contributed by atoms with Crippen LogP contribution in [0.15, 0.2) is 40.9 Å². The highest BCUT2D eigenvalue weighted by atomic mass is 79.9. The average Bonchev–Trinajstić information content (AvgIpc) is 2.51. The van der Waals surface area contributed by atoms with Gasteiger partial charge in [-0.2, -0.15) is 0 Å². The van der Waals surface area contributed by atoms with Gasteiger partial charge < -0.3 is 10.1 Å². The van der Waals surface area contributed by atoms with Crippen molar-refractivity contribution >= 4 is 27.6 Å². The molecule has 0 aliphatic carbocycles. The van der Waals surface area contributed by atoms with Crippen LogP contribution in [0.5, 0.6) is 5.75 Å². The smallest absolute Gasteiger partial charge is 0.325 e. The van der Waals surface area contributed by atoms with Gasteiger partial charge >= 0.3 is 6.03 Å². The number of ether oxygens (including phenoxy) is 1. The zero-order valence-electron chi connectivity index (χ0n) is 12.6. The number of carbonyl (C=O) groups excluding carboxylic acids is 1. The lowest BCUT2D eigenvalue weighted by Gasteiger charge is -2.50. The lowest BCUT2D eigenvalue weighted by molar-refractivity contribution is 0.0372. The van der Waals surface area contributed by atoms with Crippen molar-refractivity contribution in [3.05, 3.63) is 58.1 Å². The van der Waals surface area contributed by atoms with Gasteiger partial charge in [-0.05, 0) is 37.3 Å². The predicted octanol–water partition coefficient (Wildman–Crippen LogP) is 4.50. The highest BCUT2D eigenvalue weighted by Crippen LogP contribution is 2.46. The van der Waals surface area contributed by atoms with Crippen molar-refractivity contribution in [2.75, 3.05) is 4.90 Å². The predicted molar refractivity (Wildman–Crippen MR) is 87.9 cm³/mol. The summed E-state index contributed by atoms with van der Waals surface area (Å²) in [6, 6.07) is 7.75. The van der Waals surface area contributed by atoms with Crippen LogP contribution in [0.1, 0.15) is 24.9 Å². The van der Waals surface area contributed by atoms with E-state index in [2.05, 4.69) is 21.2 Å². The third-order valence-corrected chi connectivity index (χ3v) is 4.88. The minimum absolute atomic E-state index is 0.144. The van der Waals surface area contributed by atoms with Gasteiger partial charge in [-0.25, -0.2) is 13.6 Å². The Morgan fingerprint density at radius 2 is 2.08 bits per heavy atom. The molecule has 24 heavy (non-hydrogen) atoms. The van der Waals surface area contributed by atoms with Gasteiger partial charge in [0.2, 0.25) is 0 Å². The maximum absolute atomic E-state index is 14.2. The van der Waals surface area contributed by atoms with Crippen LogP contribution in [-0.4, -0.2) is 11.8 Å². The van der Waals surface area contributed by atoms with Crippen LogP contribution in [0.25, 0.3) is 0 Å². The molecule has 2 bridgehead atoms. The third-order valence-electron chi connectivity index (χ3n) is 4.38. The number of hydrogen-bond donors (Lipinski definition) is 1. The first kappa shape index (κ1) is 15.4. The maximum atomic E-state index is 14.2. The average molecular weight is 395 g/mol. The Morgan fingerprint density at radius 1 is 1.29 bits per heavy atom. The van der Waals surface area contributed by atoms with Gasteiger partial charge in [0.05, 0.1) is 11.7 Å². The van der Waals surface area contributed by atoms with E-state index in [0.29, 0.717) is 12.2 Å². The van der Waals surface area contributed by atoms with Crippen molar-refractivity contribution in [1.29, 1.82) is 0 Å². The summed E-state index contributed by atoms with van der Waals surface area (Å²) in [5, 5.41) is 2.85. The number of fused-ring (bicyclic) bond motifs is 4. The van der Waals surface area contributed by atoms with Gasteiger partial charge in [-0.3, -0.25) is 4.90 Å². The monoisotopic (exact) mass is 394 g/mol. The molecule has 4 rings (SSSR count). The highest BCUT2D eigenvalue weighted by Gasteiger charge is 2.50. The molecule has 2 atom stereocenters. The Balaban J connectivity index is 1.83. The van der Waals surface area contributed by atoms with E-state index in [-0.39, 0.29) is 11.7 Å². The Morgan fingerprint density at radius 3 is 2.88 bits per heavy atom. The first-order chi connectivity index (χ1) is 11.4. The van der Waals surface area contributed by atoms with Crippen molar-refractivity contribution in [3.63, 3.8) is 0 Å². The molecule has 4 nitrogen and oxygen atoms in total. The molecule has 124 valence electrons. The SMILES string of the molecule is C[C@]12C[C@H](NC(=O)N1c1cc(F)ccc1F)c1cc(Br)ccc1O2. The van der Waals surface area contributed by atoms with E-state index in [9.17, 15) is 13.6 Å². The lowest BCUT2D eigenvalue weighted by atomic mass is 9.90. The summed E-state index contributed by atoms with van der Waals surface area (Å²) in [6.45, 7) is 1.70. The number of halogens is 3. The number of urea groups is 1. The van der Waals surface area contributed by atoms with Gasteiger partial charge in [0.15, 0.2) is 5.72 Å². The van der Waals surface area contributed by atoms with E-state index in [0.717, 1.165) is 33.1 Å². The van der Waals surface area contributed by atoms with Crippen molar-refractivity contribution in [2.24, 2.45) is 0 Å². The number of carbonyl (C=O) groups is 1. The summed E-state index contributed by atoms with van der Waals surface area (Å²) in [5.41, 5.74) is -0.397. The number of hydrogen-bond acceptors (Lipinski definition) is 2. The van der Waals surface area contributed by atoms with Crippen LogP contribution in [0, 0.1) is 11.6 Å². The molecule has 1 fully saturated rings. The fourth-order valence-corrected chi connectivity index (χ4v) is 3.75. The fraction of sp³-hybridized carbons (Fsp3) is 0.235. The number of amides is 2. The van der Waals surface area contributed by atoms with E-state index >= 15 is 0 Å². The fourth-order valence-electron chi connectivity index (χ4n) is 3.37. The molecule has 1 saturated heterocycles. The van der Waals surface area contributed by atoms with E-state index in [1.54, 1.807) is 13.0 Å². The topological polar surface area (TPSA) is 41.6 Å². The third kappa shape index (κ3) is 2.26. The molecular weight excluding hydrogens is 382 g/mol. The Hall–Kier alpha value is -2.15. The normalized spacial score (nSPS) is 24.9. The molecule has 2 heterocycles. The number of rotatable bonds is 1. The van der Waals surface area contributed by atoms with E-state index in [1.807, 2.05) is 12.1 Å². The van der Waals surface area contributed by atoms with Crippen molar-refractivity contribution in [1.82, 2.24) is 5.32 Å². The number of nitrogens with one attached hydrogen (secondary N) is 1. The summed E-state index contributed by atoms with van der Waals surface area (Å²) in [4.78, 5) is 13.8. The van der Waals surface area contributed by atoms with Gasteiger partial charge in [0, 0.05) is 22.5 Å². The minimum Gasteiger partial charge on any atom is -0.467 e. The highest BCUT2D eigenvalue weighted by molar-refractivity contribution is 9.10. The zero-order valence-corrected chi connectivity index (χ0v) is 14.2. The Kier molecular flexibility index (Phi) is 3.32. The van der Waals surface area contributed by atoms with Crippen molar-refractivity contribution in [2.45, 2.75) is 25.1 Å². The van der Waals surface area contributed by atoms with Crippen LogP contribution < -0.4 is 15.0 Å². The van der Waals surface area contributed by atoms with Crippen LogP contribution in [0.4, 0.5) is 19.3 Å². The second-order valence-corrected chi connectivity index (χ2v) is 7.01. The van der Waals surface area contributed by atoms with Crippen LogP contribution in [-0.2, 0) is 0 Å². The molecule has 7 heteroatoms. The second kappa shape index (κ2) is 5.17. The maximum Gasteiger partial charge on any atom is 0.325 e. The largest absolute Gasteiger partial charge is 0.467 e. The molecule has 0 spiro atoms. The molecule has 2 aliphatic rings. The molecule has 2 aromatic rings. The van der Waals surface area contributed by atoms with Gasteiger partial charge in [-0.1, -0.05) is 15.9 Å². The zero-order chi connectivity index (χ0) is 17.1. The van der Waals surface area contributed by atoms with Crippen LogP contribution in [0.3, 0.4) is 0 Å². The van der Waals surface area contributed by atoms with Crippen molar-refractivity contribution < 1.29 is 18.3 Å². The summed E-state index contributed by atoms with van der Waals surface area (Å²) >= 11 is 3.40. The second-order valence-electron chi connectivity index (χ2n) is 6.10. The minimum atomic E-state index is -1.11. The number of anilines is 1. The molecule has 2 aromatic carbocycles. The number of nitrogens with zero attached hydrogens (tertiary/aromatic N) is 1. The summed E-state index contributed by atoms with van der Waals surface area (Å²) in [5.74, 6) is -0.694. The van der Waals surface area contributed by atoms with Gasteiger partial charge in [0.25, 0.3) is 0 Å². The lowest BCUT2D eigenvalue weighted by Crippen LogP contribution is -2.65. The van der Waals surface area contributed by atoms with E-state index in [1.165, 1.54) is 0 Å². The Labute approximate surface area is 145 Å². The first-order valence-corrected chi connectivity index (χ1v) is 8.21. The summed E-state index contributed by atoms with van der Waals surface area (Å²) < 4.78 is 34.7. The van der Waals surface area contributed by atoms with Gasteiger partial charge in [0.1, 0.15) is 17.4 Å². The van der Waals surface area contributed by atoms with E-state index < -0.39 is 23.4 Å². The van der Waals surface area contributed by atoms with Crippen molar-refractivity contribution in [3.8, 4) is 5.75 Å². The molecule has 0 aromatic heterocycles. The van der Waals surface area contributed by atoms with Gasteiger partial charge in [-0.15, -0.1) is 0 Å². The summed E-state index contributed by atoms with van der Waals surface area (Å²) in [6.07, 6.45) is 0.415. The van der Waals surface area contributed by atoms with Crippen LogP contribution >= 0.6 is 15.9 Å². The van der Waals surface area contributed by atoms with E-state index in [4.69, 9.17) is 4.74 Å². The first-order valence-electron chi connectivity index (χ1n) is 7.42. The van der Waals surface area contributed by atoms with Crippen LogP contribution in [0.2, 0.25) is 0 Å².